The maximum Gasteiger partial charge on any atom is 0.390 e. The average molecular weight is 366 g/mol. The van der Waals surface area contributed by atoms with Gasteiger partial charge in [0, 0.05) is 13.6 Å². The van der Waals surface area contributed by atoms with Crippen LogP contribution in [0.2, 0.25) is 5.02 Å². The van der Waals surface area contributed by atoms with Crippen molar-refractivity contribution in [2.24, 2.45) is 0 Å². The molecule has 5 nitrogen and oxygen atoms in total. The van der Waals surface area contributed by atoms with E-state index in [1.807, 2.05) is 0 Å². The van der Waals surface area contributed by atoms with Crippen molar-refractivity contribution in [3.63, 3.8) is 0 Å². The van der Waals surface area contributed by atoms with Gasteiger partial charge >= 0.3 is 6.18 Å². The van der Waals surface area contributed by atoms with Crippen LogP contribution >= 0.6 is 11.6 Å². The third kappa shape index (κ3) is 7.65. The Hall–Kier alpha value is -1.80. The van der Waals surface area contributed by atoms with Gasteiger partial charge in [-0.1, -0.05) is 23.7 Å². The normalized spacial score (nSPS) is 11.5. The minimum absolute atomic E-state index is 0.202. The molecule has 0 saturated carbocycles. The van der Waals surface area contributed by atoms with Crippen LogP contribution in [0.15, 0.2) is 24.3 Å². The summed E-state index contributed by atoms with van der Waals surface area (Å²) in [6.45, 7) is -0.710. The second kappa shape index (κ2) is 8.89. The zero-order valence-electron chi connectivity index (χ0n) is 13.4. The number of nitrogens with zero attached hydrogens (tertiary/aromatic N) is 2. The number of para-hydroxylation sites is 1. The Kier molecular flexibility index (Phi) is 7.50. The highest BCUT2D eigenvalue weighted by atomic mass is 35.5. The first-order valence-corrected chi connectivity index (χ1v) is 7.50. The molecule has 0 aliphatic carbocycles. The lowest BCUT2D eigenvalue weighted by Crippen LogP contribution is -2.41. The highest BCUT2D eigenvalue weighted by Crippen LogP contribution is 2.20. The third-order valence-corrected chi connectivity index (χ3v) is 3.47. The first kappa shape index (κ1) is 20.2. The van der Waals surface area contributed by atoms with E-state index in [0.29, 0.717) is 10.7 Å². The van der Waals surface area contributed by atoms with Crippen molar-refractivity contribution in [3.8, 4) is 0 Å². The van der Waals surface area contributed by atoms with Gasteiger partial charge in [-0.25, -0.2) is 0 Å². The molecule has 1 rings (SSSR count). The summed E-state index contributed by atoms with van der Waals surface area (Å²) in [5.41, 5.74) is 0.423. The van der Waals surface area contributed by atoms with Crippen LogP contribution in [0.25, 0.3) is 0 Å². The summed E-state index contributed by atoms with van der Waals surface area (Å²) in [6, 6.07) is 6.64. The summed E-state index contributed by atoms with van der Waals surface area (Å²) in [5.74, 6) is -0.897. The maximum atomic E-state index is 12.1. The van der Waals surface area contributed by atoms with E-state index in [0.717, 1.165) is 4.90 Å². The Bertz CT molecular complexity index is 581. The molecule has 0 aliphatic heterocycles. The minimum Gasteiger partial charge on any atom is -0.335 e. The fourth-order valence-electron chi connectivity index (χ4n) is 1.80. The van der Waals surface area contributed by atoms with E-state index in [4.69, 9.17) is 11.6 Å². The van der Waals surface area contributed by atoms with Crippen molar-refractivity contribution in [2.45, 2.75) is 12.6 Å². The number of nitrogens with one attached hydrogen (secondary N) is 1. The number of rotatable bonds is 7. The van der Waals surface area contributed by atoms with Crippen molar-refractivity contribution in [3.05, 3.63) is 29.3 Å². The Morgan fingerprint density at radius 2 is 1.79 bits per heavy atom. The highest BCUT2D eigenvalue weighted by molar-refractivity contribution is 6.33. The maximum absolute atomic E-state index is 12.1. The molecule has 2 amide bonds. The van der Waals surface area contributed by atoms with Gasteiger partial charge in [0.1, 0.15) is 0 Å². The molecule has 0 fully saturated rings. The van der Waals surface area contributed by atoms with Crippen molar-refractivity contribution in [1.29, 1.82) is 0 Å². The van der Waals surface area contributed by atoms with E-state index in [2.05, 4.69) is 5.32 Å². The van der Waals surface area contributed by atoms with Gasteiger partial charge < -0.3 is 10.2 Å². The van der Waals surface area contributed by atoms with Gasteiger partial charge in [-0.2, -0.15) is 13.2 Å². The molecule has 0 saturated heterocycles. The molecular formula is C15H19ClF3N3O2. The first-order chi connectivity index (χ1) is 11.1. The summed E-state index contributed by atoms with van der Waals surface area (Å²) < 4.78 is 36.4. The molecule has 1 aromatic carbocycles. The summed E-state index contributed by atoms with van der Waals surface area (Å²) in [4.78, 5) is 26.2. The van der Waals surface area contributed by atoms with Gasteiger partial charge in [0.05, 0.1) is 30.2 Å². The number of hydrogen-bond acceptors (Lipinski definition) is 3. The molecule has 0 aromatic heterocycles. The summed E-state index contributed by atoms with van der Waals surface area (Å²) >= 11 is 5.91. The number of benzene rings is 1. The van der Waals surface area contributed by atoms with Crippen LogP contribution in [0.3, 0.4) is 0 Å². The van der Waals surface area contributed by atoms with Crippen molar-refractivity contribution in [2.75, 3.05) is 39.0 Å². The van der Waals surface area contributed by atoms with Gasteiger partial charge in [0.2, 0.25) is 11.8 Å². The first-order valence-electron chi connectivity index (χ1n) is 7.12. The number of anilines is 1. The summed E-state index contributed by atoms with van der Waals surface area (Å²) in [7, 11) is 2.83. The lowest BCUT2D eigenvalue weighted by atomic mass is 10.3. The van der Waals surface area contributed by atoms with Crippen molar-refractivity contribution >= 4 is 29.1 Å². The molecule has 1 N–H and O–H groups in total. The number of likely N-dealkylation sites (N-methyl/N-ethyl adjacent to an activating group) is 2. The van der Waals surface area contributed by atoms with E-state index in [-0.39, 0.29) is 19.6 Å². The molecule has 1 aromatic rings. The number of alkyl halides is 3. The van der Waals surface area contributed by atoms with Crippen LogP contribution < -0.4 is 5.32 Å². The number of hydrogen-bond donors (Lipinski definition) is 1. The lowest BCUT2D eigenvalue weighted by molar-refractivity contribution is -0.141. The fraction of sp³-hybridized carbons (Fsp3) is 0.467. The number of halogens is 4. The van der Waals surface area contributed by atoms with Crippen LogP contribution in [-0.4, -0.2) is 61.5 Å². The van der Waals surface area contributed by atoms with Crippen molar-refractivity contribution < 1.29 is 22.8 Å². The highest BCUT2D eigenvalue weighted by Gasteiger charge is 2.27. The lowest BCUT2D eigenvalue weighted by Gasteiger charge is -2.22. The van der Waals surface area contributed by atoms with Crippen LogP contribution in [0.4, 0.5) is 18.9 Å². The molecule has 0 radical (unpaired) electrons. The van der Waals surface area contributed by atoms with E-state index < -0.39 is 24.4 Å². The smallest absolute Gasteiger partial charge is 0.335 e. The monoisotopic (exact) mass is 365 g/mol. The van der Waals surface area contributed by atoms with Crippen molar-refractivity contribution in [1.82, 2.24) is 9.80 Å². The molecular weight excluding hydrogens is 347 g/mol. The number of carbonyl (C=O) groups is 2. The van der Waals surface area contributed by atoms with Crippen LogP contribution in [-0.2, 0) is 9.59 Å². The minimum atomic E-state index is -4.27. The average Bonchev–Trinajstić information content (AvgIpc) is 2.46. The zero-order chi connectivity index (χ0) is 18.3. The van der Waals surface area contributed by atoms with Gasteiger partial charge in [-0.05, 0) is 19.2 Å². The van der Waals surface area contributed by atoms with Crippen LogP contribution in [0.5, 0.6) is 0 Å². The largest absolute Gasteiger partial charge is 0.390 e. The molecule has 0 spiro atoms. The Morgan fingerprint density at radius 1 is 1.17 bits per heavy atom. The Morgan fingerprint density at radius 3 is 2.38 bits per heavy atom. The topological polar surface area (TPSA) is 52.7 Å². The molecule has 9 heteroatoms. The predicted octanol–water partition coefficient (Wildman–Crippen LogP) is 2.62. The SMILES string of the molecule is CN(CCC(F)(F)F)CC(=O)N(C)CC(=O)Nc1ccccc1Cl. The Labute approximate surface area is 143 Å². The zero-order valence-corrected chi connectivity index (χ0v) is 14.1. The van der Waals surface area contributed by atoms with Gasteiger partial charge in [-0.15, -0.1) is 0 Å². The molecule has 0 aliphatic rings. The van der Waals surface area contributed by atoms with Gasteiger partial charge in [0.25, 0.3) is 0 Å². The number of amides is 2. The number of carbonyl (C=O) groups excluding carboxylic acids is 2. The second-order valence-corrected chi connectivity index (χ2v) is 5.79. The molecule has 0 bridgehead atoms. The Balaban J connectivity index is 2.43. The molecule has 134 valence electrons. The summed E-state index contributed by atoms with van der Waals surface area (Å²) in [5, 5.41) is 2.93. The molecule has 24 heavy (non-hydrogen) atoms. The standard InChI is InChI=1S/C15H19ClF3N3O2/c1-21(8-7-15(17,18)19)10-14(24)22(2)9-13(23)20-12-6-4-3-5-11(12)16/h3-6H,7-10H2,1-2H3,(H,20,23). The fourth-order valence-corrected chi connectivity index (χ4v) is 1.99. The van der Waals surface area contributed by atoms with E-state index in [9.17, 15) is 22.8 Å². The second-order valence-electron chi connectivity index (χ2n) is 5.38. The molecule has 0 unspecified atom stereocenters. The van der Waals surface area contributed by atoms with E-state index in [1.165, 1.54) is 19.0 Å². The third-order valence-electron chi connectivity index (χ3n) is 3.14. The van der Waals surface area contributed by atoms with Gasteiger partial charge in [0.15, 0.2) is 0 Å². The van der Waals surface area contributed by atoms with Gasteiger partial charge in [-0.3, -0.25) is 14.5 Å². The van der Waals surface area contributed by atoms with E-state index >= 15 is 0 Å². The van der Waals surface area contributed by atoms with Crippen LogP contribution in [0, 0.1) is 0 Å². The van der Waals surface area contributed by atoms with Crippen LogP contribution in [0.1, 0.15) is 6.42 Å². The summed E-state index contributed by atoms with van der Waals surface area (Å²) in [6.07, 6.45) is -5.26. The predicted molar refractivity (Wildman–Crippen MR) is 85.9 cm³/mol. The van der Waals surface area contributed by atoms with E-state index in [1.54, 1.807) is 24.3 Å². The molecule has 0 heterocycles. The quantitative estimate of drug-likeness (QED) is 0.808. The molecule has 0 atom stereocenters.